The van der Waals surface area contributed by atoms with Crippen LogP contribution in [0.1, 0.15) is 10.4 Å². The lowest BCUT2D eigenvalue weighted by atomic mass is 10.3. The van der Waals surface area contributed by atoms with Crippen molar-refractivity contribution in [1.82, 2.24) is 15.2 Å². The Hall–Kier alpha value is -1.78. The molecule has 0 radical (unpaired) electrons. The number of piperazine rings is 1. The summed E-state index contributed by atoms with van der Waals surface area (Å²) in [6, 6.07) is 5.53. The van der Waals surface area contributed by atoms with E-state index in [1.165, 1.54) is 11.3 Å². The molecule has 0 bridgehead atoms. The number of rotatable bonds is 7. The van der Waals surface area contributed by atoms with Crippen LogP contribution in [-0.2, 0) is 0 Å². The summed E-state index contributed by atoms with van der Waals surface area (Å²) in [5.74, 6) is 1.17. The number of amides is 1. The van der Waals surface area contributed by atoms with Crippen molar-refractivity contribution in [3.05, 3.63) is 32.4 Å². The molecule has 1 amide bonds. The number of nitrogens with zero attached hydrogens (tertiary/aromatic N) is 3. The summed E-state index contributed by atoms with van der Waals surface area (Å²) in [7, 11) is 3.26. The van der Waals surface area contributed by atoms with E-state index in [0.717, 1.165) is 48.1 Å². The number of thiophene rings is 1. The first kappa shape index (κ1) is 22.4. The number of aromatic nitrogens is 1. The number of fused-ring (bicyclic) bond motifs is 1. The highest BCUT2D eigenvalue weighted by Crippen LogP contribution is 2.40. The highest BCUT2D eigenvalue weighted by atomic mass is 35.5. The lowest BCUT2D eigenvalue weighted by Gasteiger charge is -2.34. The number of benzene rings is 1. The van der Waals surface area contributed by atoms with Crippen LogP contribution in [0.3, 0.4) is 0 Å². The molecule has 1 fully saturated rings. The minimum atomic E-state index is -0.189. The maximum absolute atomic E-state index is 12.2. The molecule has 3 heterocycles. The molecular formula is C20H22Cl2N4O3S2. The second-order valence-electron chi connectivity index (χ2n) is 6.97. The van der Waals surface area contributed by atoms with Crippen LogP contribution in [0.2, 0.25) is 8.67 Å². The summed E-state index contributed by atoms with van der Waals surface area (Å²) < 4.78 is 12.9. The smallest absolute Gasteiger partial charge is 0.253 e. The van der Waals surface area contributed by atoms with E-state index in [1.807, 2.05) is 12.1 Å². The second kappa shape index (κ2) is 9.79. The zero-order valence-electron chi connectivity index (χ0n) is 17.1. The number of methoxy groups -OCH3 is 2. The van der Waals surface area contributed by atoms with Gasteiger partial charge < -0.3 is 19.7 Å². The fourth-order valence-corrected chi connectivity index (χ4v) is 5.99. The van der Waals surface area contributed by atoms with Gasteiger partial charge in [-0.15, -0.1) is 11.3 Å². The number of ether oxygens (including phenoxy) is 2. The van der Waals surface area contributed by atoms with Gasteiger partial charge in [-0.25, -0.2) is 4.98 Å². The van der Waals surface area contributed by atoms with E-state index in [1.54, 1.807) is 31.6 Å². The zero-order chi connectivity index (χ0) is 22.0. The van der Waals surface area contributed by atoms with Crippen LogP contribution in [0.25, 0.3) is 10.2 Å². The molecule has 1 aliphatic heterocycles. The molecule has 11 heteroatoms. The molecule has 3 aromatic rings. The first-order valence-corrected chi connectivity index (χ1v) is 12.1. The Kier molecular flexibility index (Phi) is 7.08. The van der Waals surface area contributed by atoms with E-state index in [4.69, 9.17) is 37.7 Å². The van der Waals surface area contributed by atoms with Gasteiger partial charge in [-0.2, -0.15) is 0 Å². The first-order chi connectivity index (χ1) is 15.0. The number of carbonyl (C=O) groups is 1. The average Bonchev–Trinajstić information content (AvgIpc) is 3.35. The van der Waals surface area contributed by atoms with Crippen LogP contribution >= 0.6 is 45.9 Å². The maximum Gasteiger partial charge on any atom is 0.253 e. The minimum absolute atomic E-state index is 0.189. The van der Waals surface area contributed by atoms with E-state index in [-0.39, 0.29) is 5.91 Å². The molecule has 0 spiro atoms. The quantitative estimate of drug-likeness (QED) is 0.523. The number of anilines is 1. The van der Waals surface area contributed by atoms with Crippen molar-refractivity contribution >= 4 is 67.1 Å². The van der Waals surface area contributed by atoms with Gasteiger partial charge in [0.2, 0.25) is 0 Å². The molecular weight excluding hydrogens is 479 g/mol. The highest BCUT2D eigenvalue weighted by molar-refractivity contribution is 7.22. The van der Waals surface area contributed by atoms with Crippen molar-refractivity contribution in [3.8, 4) is 11.5 Å². The summed E-state index contributed by atoms with van der Waals surface area (Å²) in [4.78, 5) is 21.7. The summed E-state index contributed by atoms with van der Waals surface area (Å²) in [6.45, 7) is 4.88. The molecule has 1 N–H and O–H groups in total. The van der Waals surface area contributed by atoms with Crippen LogP contribution in [0, 0.1) is 0 Å². The van der Waals surface area contributed by atoms with E-state index >= 15 is 0 Å². The molecule has 1 aliphatic rings. The Balaban J connectivity index is 1.30. The number of halogens is 2. The number of thiazole rings is 1. The monoisotopic (exact) mass is 500 g/mol. The normalized spacial score (nSPS) is 14.8. The van der Waals surface area contributed by atoms with Crippen molar-refractivity contribution in [1.29, 1.82) is 0 Å². The molecule has 2 aromatic heterocycles. The lowest BCUT2D eigenvalue weighted by molar-refractivity contribution is 0.0948. The first-order valence-electron chi connectivity index (χ1n) is 9.72. The Morgan fingerprint density at radius 3 is 2.58 bits per heavy atom. The molecule has 0 aliphatic carbocycles. The Morgan fingerprint density at radius 2 is 1.94 bits per heavy atom. The molecule has 4 rings (SSSR count). The molecule has 166 valence electrons. The van der Waals surface area contributed by atoms with Gasteiger partial charge in [0.25, 0.3) is 5.91 Å². The Morgan fingerprint density at radius 1 is 1.16 bits per heavy atom. The molecule has 0 saturated carbocycles. The Bertz CT molecular complexity index is 1080. The average molecular weight is 501 g/mol. The molecule has 0 atom stereocenters. The number of carbonyl (C=O) groups excluding carboxylic acids is 1. The van der Waals surface area contributed by atoms with Gasteiger partial charge >= 0.3 is 0 Å². The summed E-state index contributed by atoms with van der Waals surface area (Å²) >= 11 is 14.8. The van der Waals surface area contributed by atoms with Crippen LogP contribution in [0.15, 0.2) is 18.2 Å². The van der Waals surface area contributed by atoms with E-state index in [9.17, 15) is 4.79 Å². The summed E-state index contributed by atoms with van der Waals surface area (Å²) in [6.07, 6.45) is 0. The van der Waals surface area contributed by atoms with Gasteiger partial charge in [0.15, 0.2) is 16.6 Å². The van der Waals surface area contributed by atoms with Crippen LogP contribution in [-0.4, -0.2) is 69.3 Å². The van der Waals surface area contributed by atoms with Crippen LogP contribution in [0.5, 0.6) is 11.5 Å². The fraction of sp³-hybridized carbons (Fsp3) is 0.400. The largest absolute Gasteiger partial charge is 0.493 e. The van der Waals surface area contributed by atoms with Crippen molar-refractivity contribution in [2.75, 3.05) is 58.4 Å². The topological polar surface area (TPSA) is 66.9 Å². The summed E-state index contributed by atoms with van der Waals surface area (Å²) in [5, 5.41) is 3.90. The third-order valence-electron chi connectivity index (χ3n) is 5.15. The lowest BCUT2D eigenvalue weighted by Crippen LogP contribution is -2.48. The second-order valence-corrected chi connectivity index (χ2v) is 10.3. The maximum atomic E-state index is 12.2. The van der Waals surface area contributed by atoms with Crippen LogP contribution in [0.4, 0.5) is 5.13 Å². The van der Waals surface area contributed by atoms with Gasteiger partial charge in [-0.1, -0.05) is 34.5 Å². The van der Waals surface area contributed by atoms with Crippen molar-refractivity contribution < 1.29 is 14.3 Å². The third kappa shape index (κ3) is 4.85. The fourth-order valence-electron chi connectivity index (χ4n) is 3.51. The third-order valence-corrected chi connectivity index (χ3v) is 7.72. The van der Waals surface area contributed by atoms with E-state index < -0.39 is 0 Å². The molecule has 1 aromatic carbocycles. The van der Waals surface area contributed by atoms with Gasteiger partial charge in [-0.3, -0.25) is 9.69 Å². The van der Waals surface area contributed by atoms with Crippen molar-refractivity contribution in [2.24, 2.45) is 0 Å². The standard InChI is InChI=1S/C20H22Cl2N4O3S2/c1-28-13-3-4-14-16(17(13)29-2)24-20(30-14)26-9-7-25(8-10-26)6-5-23-19(27)12-11-15(21)31-18(12)22/h3-4,11H,5-10H2,1-2H3,(H,23,27). The summed E-state index contributed by atoms with van der Waals surface area (Å²) in [5.41, 5.74) is 1.27. The molecule has 1 saturated heterocycles. The van der Waals surface area contributed by atoms with Crippen molar-refractivity contribution in [2.45, 2.75) is 0 Å². The van der Waals surface area contributed by atoms with Crippen molar-refractivity contribution in [3.63, 3.8) is 0 Å². The van der Waals surface area contributed by atoms with Gasteiger partial charge in [-0.05, 0) is 18.2 Å². The van der Waals surface area contributed by atoms with E-state index in [0.29, 0.717) is 32.3 Å². The van der Waals surface area contributed by atoms with Gasteiger partial charge in [0, 0.05) is 39.3 Å². The number of nitrogens with one attached hydrogen (secondary N) is 1. The predicted molar refractivity (Wildman–Crippen MR) is 128 cm³/mol. The minimum Gasteiger partial charge on any atom is -0.493 e. The predicted octanol–water partition coefficient (Wildman–Crippen LogP) is 4.23. The SMILES string of the molecule is COc1ccc2sc(N3CCN(CCNC(=O)c4cc(Cl)sc4Cl)CC3)nc2c1OC. The highest BCUT2D eigenvalue weighted by Gasteiger charge is 2.22. The van der Waals surface area contributed by atoms with Gasteiger partial charge in [0.05, 0.1) is 28.8 Å². The zero-order valence-corrected chi connectivity index (χ0v) is 20.3. The molecule has 7 nitrogen and oxygen atoms in total. The van der Waals surface area contributed by atoms with Crippen LogP contribution < -0.4 is 19.7 Å². The Labute approximate surface area is 198 Å². The number of hydrogen-bond donors (Lipinski definition) is 1. The van der Waals surface area contributed by atoms with Gasteiger partial charge in [0.1, 0.15) is 9.85 Å². The number of hydrogen-bond acceptors (Lipinski definition) is 8. The molecule has 31 heavy (non-hydrogen) atoms. The van der Waals surface area contributed by atoms with E-state index in [2.05, 4.69) is 15.1 Å². The molecule has 0 unspecified atom stereocenters.